The van der Waals surface area contributed by atoms with Gasteiger partial charge in [0.25, 0.3) is 5.91 Å². The third-order valence-corrected chi connectivity index (χ3v) is 4.53. The average Bonchev–Trinajstić information content (AvgIpc) is 2.64. The Morgan fingerprint density at radius 1 is 1.08 bits per heavy atom. The molecule has 5 nitrogen and oxygen atoms in total. The Kier molecular flexibility index (Phi) is 8.85. The highest BCUT2D eigenvalue weighted by molar-refractivity contribution is 5.95. The maximum atomic E-state index is 12.5. The summed E-state index contributed by atoms with van der Waals surface area (Å²) in [6.45, 7) is 0. The minimum Gasteiger partial charge on any atom is -0.497 e. The van der Waals surface area contributed by atoms with Crippen molar-refractivity contribution in [3.8, 4) is 16.9 Å². The molecule has 1 aromatic heterocycles. The van der Waals surface area contributed by atoms with E-state index in [4.69, 9.17) is 10.5 Å². The molecule has 1 heterocycles. The molecule has 0 bridgehead atoms. The van der Waals surface area contributed by atoms with Crippen molar-refractivity contribution < 1.29 is 9.53 Å². The van der Waals surface area contributed by atoms with E-state index in [1.807, 2.05) is 30.3 Å². The number of nitrogens with two attached hydrogens (primary N) is 1. The summed E-state index contributed by atoms with van der Waals surface area (Å²) >= 11 is 0. The molecule has 1 aromatic carbocycles. The number of pyridine rings is 1. The smallest absolute Gasteiger partial charge is 0.253 e. The monoisotopic (exact) mass is 397 g/mol. The number of amides is 1. The molecule has 1 fully saturated rings. The Labute approximate surface area is 166 Å². The lowest BCUT2D eigenvalue weighted by atomic mass is 9.91. The van der Waals surface area contributed by atoms with Gasteiger partial charge in [-0.25, -0.2) is 0 Å². The minimum atomic E-state index is -0.0710. The first-order valence-corrected chi connectivity index (χ1v) is 8.31. The predicted molar refractivity (Wildman–Crippen MR) is 108 cm³/mol. The highest BCUT2D eigenvalue weighted by Gasteiger charge is 2.20. The van der Waals surface area contributed by atoms with Gasteiger partial charge >= 0.3 is 0 Å². The van der Waals surface area contributed by atoms with Crippen LogP contribution in [-0.2, 0) is 0 Å². The van der Waals surface area contributed by atoms with Crippen LogP contribution >= 0.6 is 24.8 Å². The molecule has 0 spiro atoms. The summed E-state index contributed by atoms with van der Waals surface area (Å²) in [5.41, 5.74) is 8.41. The molecular formula is C19H25Cl2N3O2. The van der Waals surface area contributed by atoms with Crippen LogP contribution in [0, 0.1) is 0 Å². The van der Waals surface area contributed by atoms with Crippen LogP contribution < -0.4 is 15.8 Å². The van der Waals surface area contributed by atoms with Crippen molar-refractivity contribution in [2.45, 2.75) is 37.8 Å². The maximum absolute atomic E-state index is 12.5. The van der Waals surface area contributed by atoms with Gasteiger partial charge in [0.2, 0.25) is 0 Å². The van der Waals surface area contributed by atoms with Crippen molar-refractivity contribution in [1.82, 2.24) is 10.3 Å². The Morgan fingerprint density at radius 3 is 2.35 bits per heavy atom. The molecule has 0 saturated heterocycles. The second-order valence-corrected chi connectivity index (χ2v) is 6.28. The van der Waals surface area contributed by atoms with Crippen molar-refractivity contribution in [2.24, 2.45) is 5.73 Å². The van der Waals surface area contributed by atoms with Crippen molar-refractivity contribution >= 4 is 30.7 Å². The number of methoxy groups -OCH3 is 1. The van der Waals surface area contributed by atoms with E-state index < -0.39 is 0 Å². The zero-order valence-corrected chi connectivity index (χ0v) is 16.3. The van der Waals surface area contributed by atoms with Crippen LogP contribution in [0.1, 0.15) is 36.0 Å². The Bertz CT molecular complexity index is 702. The van der Waals surface area contributed by atoms with Crippen molar-refractivity contribution in [3.05, 3.63) is 48.3 Å². The van der Waals surface area contributed by atoms with E-state index in [-0.39, 0.29) is 42.8 Å². The molecular weight excluding hydrogens is 373 g/mol. The molecule has 1 aliphatic carbocycles. The van der Waals surface area contributed by atoms with Crippen LogP contribution in [0.4, 0.5) is 0 Å². The van der Waals surface area contributed by atoms with Crippen molar-refractivity contribution in [1.29, 1.82) is 0 Å². The summed E-state index contributed by atoms with van der Waals surface area (Å²) in [7, 11) is 1.64. The van der Waals surface area contributed by atoms with Gasteiger partial charge in [0.05, 0.1) is 12.7 Å². The van der Waals surface area contributed by atoms with Gasteiger partial charge in [0, 0.05) is 30.0 Å². The molecule has 3 rings (SSSR count). The number of nitrogens with one attached hydrogen (secondary N) is 1. The lowest BCUT2D eigenvalue weighted by molar-refractivity contribution is 0.0925. The minimum absolute atomic E-state index is 0. The number of rotatable bonds is 4. The van der Waals surface area contributed by atoms with Gasteiger partial charge in [-0.15, -0.1) is 24.8 Å². The molecule has 3 N–H and O–H groups in total. The first-order chi connectivity index (χ1) is 11.7. The molecule has 0 atom stereocenters. The number of hydrogen-bond acceptors (Lipinski definition) is 4. The van der Waals surface area contributed by atoms with E-state index in [0.717, 1.165) is 42.6 Å². The second kappa shape index (κ2) is 10.4. The van der Waals surface area contributed by atoms with Gasteiger partial charge in [-0.3, -0.25) is 9.78 Å². The van der Waals surface area contributed by atoms with E-state index in [2.05, 4.69) is 10.3 Å². The van der Waals surface area contributed by atoms with Gasteiger partial charge < -0.3 is 15.8 Å². The zero-order chi connectivity index (χ0) is 16.9. The van der Waals surface area contributed by atoms with Crippen molar-refractivity contribution in [3.63, 3.8) is 0 Å². The van der Waals surface area contributed by atoms with Crippen LogP contribution in [0.25, 0.3) is 11.1 Å². The SMILES string of the molecule is COc1ccc(-c2cncc(C(=O)NC3CCC(N)CC3)c2)cc1.Cl.Cl. The molecule has 26 heavy (non-hydrogen) atoms. The largest absolute Gasteiger partial charge is 0.497 e. The molecule has 7 heteroatoms. The Balaban J connectivity index is 0.00000169. The third kappa shape index (κ3) is 5.59. The second-order valence-electron chi connectivity index (χ2n) is 6.28. The highest BCUT2D eigenvalue weighted by atomic mass is 35.5. The molecule has 0 radical (unpaired) electrons. The summed E-state index contributed by atoms with van der Waals surface area (Å²) in [6.07, 6.45) is 7.19. The standard InChI is InChI=1S/C19H23N3O2.2ClH/c1-24-18-8-2-13(3-9-18)14-10-15(12-21-11-14)19(23)22-17-6-4-16(20)5-7-17;;/h2-3,8-12,16-17H,4-7,20H2,1H3,(H,22,23);2*1H. The quantitative estimate of drug-likeness (QED) is 0.825. The lowest BCUT2D eigenvalue weighted by Crippen LogP contribution is -2.40. The molecule has 2 aromatic rings. The van der Waals surface area contributed by atoms with E-state index in [9.17, 15) is 4.79 Å². The van der Waals surface area contributed by atoms with E-state index in [1.54, 1.807) is 19.5 Å². The number of carbonyl (C=O) groups excluding carboxylic acids is 1. The third-order valence-electron chi connectivity index (χ3n) is 4.53. The van der Waals surface area contributed by atoms with Crippen molar-refractivity contribution in [2.75, 3.05) is 7.11 Å². The molecule has 142 valence electrons. The predicted octanol–water partition coefficient (Wildman–Crippen LogP) is 3.60. The van der Waals surface area contributed by atoms with Crippen LogP contribution in [0.2, 0.25) is 0 Å². The summed E-state index contributed by atoms with van der Waals surface area (Å²) in [5, 5.41) is 3.10. The summed E-state index contributed by atoms with van der Waals surface area (Å²) in [6, 6.07) is 10.1. The Morgan fingerprint density at radius 2 is 1.73 bits per heavy atom. The lowest BCUT2D eigenvalue weighted by Gasteiger charge is -2.26. The molecule has 1 aliphatic rings. The highest BCUT2D eigenvalue weighted by Crippen LogP contribution is 2.23. The van der Waals surface area contributed by atoms with Gasteiger partial charge in [0.1, 0.15) is 5.75 Å². The normalized spacial score (nSPS) is 18.8. The Hall–Kier alpha value is -1.82. The molecule has 1 amide bonds. The van der Waals surface area contributed by atoms with E-state index >= 15 is 0 Å². The molecule has 0 unspecified atom stereocenters. The van der Waals surface area contributed by atoms with Gasteiger partial charge in [-0.2, -0.15) is 0 Å². The maximum Gasteiger partial charge on any atom is 0.253 e. The van der Waals surface area contributed by atoms with E-state index in [1.165, 1.54) is 0 Å². The zero-order valence-electron chi connectivity index (χ0n) is 14.7. The number of nitrogens with zero attached hydrogens (tertiary/aromatic N) is 1. The topological polar surface area (TPSA) is 77.2 Å². The summed E-state index contributed by atoms with van der Waals surface area (Å²) < 4.78 is 5.17. The van der Waals surface area contributed by atoms with Crippen LogP contribution in [0.3, 0.4) is 0 Å². The number of hydrogen-bond donors (Lipinski definition) is 2. The number of ether oxygens (including phenoxy) is 1. The average molecular weight is 398 g/mol. The summed E-state index contributed by atoms with van der Waals surface area (Å²) in [5.74, 6) is 0.731. The molecule has 0 aliphatic heterocycles. The van der Waals surface area contributed by atoms with E-state index in [0.29, 0.717) is 5.56 Å². The molecule has 1 saturated carbocycles. The summed E-state index contributed by atoms with van der Waals surface area (Å²) in [4.78, 5) is 16.7. The van der Waals surface area contributed by atoms with Crippen LogP contribution in [0.5, 0.6) is 5.75 Å². The first-order valence-electron chi connectivity index (χ1n) is 8.31. The number of carbonyl (C=O) groups is 1. The van der Waals surface area contributed by atoms with Gasteiger partial charge in [0.15, 0.2) is 0 Å². The fourth-order valence-electron chi connectivity index (χ4n) is 3.04. The van der Waals surface area contributed by atoms with Crippen LogP contribution in [0.15, 0.2) is 42.7 Å². The number of halogens is 2. The van der Waals surface area contributed by atoms with Gasteiger partial charge in [-0.05, 0) is 49.4 Å². The number of benzene rings is 1. The number of aromatic nitrogens is 1. The van der Waals surface area contributed by atoms with Gasteiger partial charge in [-0.1, -0.05) is 12.1 Å². The fourth-order valence-corrected chi connectivity index (χ4v) is 3.04. The fraction of sp³-hybridized carbons (Fsp3) is 0.368. The first kappa shape index (κ1) is 22.2. The van der Waals surface area contributed by atoms with Crippen LogP contribution in [-0.4, -0.2) is 30.1 Å².